The Morgan fingerprint density at radius 2 is 0.911 bits per heavy atom. The van der Waals surface area contributed by atoms with Crippen molar-refractivity contribution >= 4 is 43.5 Å². The lowest BCUT2D eigenvalue weighted by molar-refractivity contribution is 0.669. The molecule has 0 aliphatic carbocycles. The number of hydrogen-bond donors (Lipinski definition) is 0. The zero-order valence-corrected chi connectivity index (χ0v) is 24.2. The van der Waals surface area contributed by atoms with E-state index < -0.39 is 6.04 Å². The van der Waals surface area contributed by atoms with Crippen molar-refractivity contribution in [3.05, 3.63) is 170 Å². The molecule has 0 unspecified atom stereocenters. The second-order valence-electron chi connectivity index (χ2n) is 11.2. The quantitative estimate of drug-likeness (QED) is 0.190. The molecule has 0 atom stereocenters. The Kier molecular flexibility index (Phi) is 4.81. The summed E-state index contributed by atoms with van der Waals surface area (Å²) in [5.74, 6) is 0. The van der Waals surface area contributed by atoms with Crippen molar-refractivity contribution in [2.24, 2.45) is 0 Å². The first-order chi connectivity index (χ1) is 24.4. The Morgan fingerprint density at radius 1 is 0.378 bits per heavy atom. The molecule has 210 valence electrons. The fourth-order valence-electron chi connectivity index (χ4n) is 6.86. The van der Waals surface area contributed by atoms with Gasteiger partial charge in [0.05, 0.1) is 6.85 Å². The summed E-state index contributed by atoms with van der Waals surface area (Å²) in [7, 11) is 0. The molecule has 0 fully saturated rings. The average Bonchev–Trinajstić information content (AvgIpc) is 3.54. The van der Waals surface area contributed by atoms with Crippen molar-refractivity contribution in [3.8, 4) is 44.5 Å². The zero-order valence-electron chi connectivity index (χ0n) is 29.2. The van der Waals surface area contributed by atoms with E-state index in [1.165, 1.54) is 0 Å². The SMILES string of the molecule is [2H]c1c([2H])c([2H])c(-c2ccccc2-c2c3ccccc3c(-c3cc(-c4ccccc4)cc4oc5ccccc5c34)c3ccccc23)c([2H])c1[2H]. The van der Waals surface area contributed by atoms with E-state index >= 15 is 0 Å². The highest BCUT2D eigenvalue weighted by Crippen LogP contribution is 2.49. The Labute approximate surface area is 268 Å². The predicted molar refractivity (Wildman–Crippen MR) is 190 cm³/mol. The number of fused-ring (bicyclic) bond motifs is 5. The van der Waals surface area contributed by atoms with Crippen LogP contribution in [-0.4, -0.2) is 0 Å². The highest BCUT2D eigenvalue weighted by atomic mass is 16.3. The Hall–Kier alpha value is -5.92. The first-order valence-electron chi connectivity index (χ1n) is 17.5. The molecule has 0 bridgehead atoms. The minimum absolute atomic E-state index is 0.186. The molecule has 45 heavy (non-hydrogen) atoms. The third-order valence-corrected chi connectivity index (χ3v) is 8.75. The first kappa shape index (κ1) is 20.9. The van der Waals surface area contributed by atoms with Gasteiger partial charge in [-0.05, 0) is 84.3 Å². The van der Waals surface area contributed by atoms with Gasteiger partial charge in [0.25, 0.3) is 0 Å². The number of furan rings is 1. The van der Waals surface area contributed by atoms with Gasteiger partial charge >= 0.3 is 0 Å². The molecular formula is C44H28O. The van der Waals surface area contributed by atoms with Crippen LogP contribution < -0.4 is 0 Å². The summed E-state index contributed by atoms with van der Waals surface area (Å²) in [6.45, 7) is 0. The van der Waals surface area contributed by atoms with E-state index in [-0.39, 0.29) is 29.7 Å². The van der Waals surface area contributed by atoms with Crippen molar-refractivity contribution in [2.75, 3.05) is 0 Å². The predicted octanol–water partition coefficient (Wildman–Crippen LogP) is 12.6. The lowest BCUT2D eigenvalue weighted by Gasteiger charge is -2.20. The molecule has 0 N–H and O–H groups in total. The van der Waals surface area contributed by atoms with Gasteiger partial charge in [-0.2, -0.15) is 0 Å². The summed E-state index contributed by atoms with van der Waals surface area (Å²) >= 11 is 0. The molecule has 1 aromatic heterocycles. The molecule has 0 radical (unpaired) electrons. The van der Waals surface area contributed by atoms with Crippen LogP contribution in [0.2, 0.25) is 0 Å². The van der Waals surface area contributed by atoms with Crippen LogP contribution >= 0.6 is 0 Å². The molecule has 1 heteroatoms. The Bertz CT molecular complexity index is 2730. The average molecular weight is 578 g/mol. The zero-order chi connectivity index (χ0) is 34.1. The molecule has 0 aliphatic heterocycles. The van der Waals surface area contributed by atoms with E-state index in [1.807, 2.05) is 72.8 Å². The van der Waals surface area contributed by atoms with Crippen LogP contribution in [0.5, 0.6) is 0 Å². The standard InChI is InChI=1S/C44H28O/c1-3-15-29(16-4-1)31-27-39(44-38-25-13-14-26-40(38)45-41(44)28-31)43-36-23-11-9-21-34(36)42(35-22-10-12-24-37(35)43)33-20-8-7-19-32(33)30-17-5-2-6-18-30/h1-28H/i2D,5D,6D,17D,18D. The lowest BCUT2D eigenvalue weighted by Crippen LogP contribution is -1.93. The monoisotopic (exact) mass is 577 g/mol. The summed E-state index contributed by atoms with van der Waals surface area (Å²) in [6, 6.07) is 45.7. The molecule has 0 spiro atoms. The van der Waals surface area contributed by atoms with Gasteiger partial charge < -0.3 is 4.42 Å². The maximum absolute atomic E-state index is 8.84. The largest absolute Gasteiger partial charge is 0.456 e. The minimum Gasteiger partial charge on any atom is -0.456 e. The summed E-state index contributed by atoms with van der Waals surface area (Å²) in [4.78, 5) is 0. The smallest absolute Gasteiger partial charge is 0.136 e. The van der Waals surface area contributed by atoms with Crippen LogP contribution in [0.4, 0.5) is 0 Å². The van der Waals surface area contributed by atoms with Gasteiger partial charge in [0.2, 0.25) is 0 Å². The fourth-order valence-corrected chi connectivity index (χ4v) is 6.86. The number of rotatable bonds is 4. The molecule has 1 nitrogen and oxygen atoms in total. The fraction of sp³-hybridized carbons (Fsp3) is 0. The first-order valence-corrected chi connectivity index (χ1v) is 15.0. The van der Waals surface area contributed by atoms with Crippen molar-refractivity contribution in [1.82, 2.24) is 0 Å². The normalized spacial score (nSPS) is 13.1. The highest BCUT2D eigenvalue weighted by Gasteiger charge is 2.22. The second-order valence-corrected chi connectivity index (χ2v) is 11.2. The topological polar surface area (TPSA) is 13.1 Å². The van der Waals surface area contributed by atoms with Gasteiger partial charge in [0.15, 0.2) is 0 Å². The number of hydrogen-bond acceptors (Lipinski definition) is 1. The van der Waals surface area contributed by atoms with Gasteiger partial charge in [-0.3, -0.25) is 0 Å². The minimum atomic E-state index is -0.405. The maximum atomic E-state index is 8.84. The Morgan fingerprint density at radius 3 is 1.58 bits per heavy atom. The van der Waals surface area contributed by atoms with Crippen LogP contribution in [-0.2, 0) is 0 Å². The maximum Gasteiger partial charge on any atom is 0.136 e. The van der Waals surface area contributed by atoms with Gasteiger partial charge in [0.1, 0.15) is 11.2 Å². The van der Waals surface area contributed by atoms with E-state index in [9.17, 15) is 0 Å². The molecule has 9 aromatic rings. The van der Waals surface area contributed by atoms with Gasteiger partial charge in [-0.25, -0.2) is 0 Å². The van der Waals surface area contributed by atoms with Crippen LogP contribution in [0.15, 0.2) is 174 Å². The van der Waals surface area contributed by atoms with E-state index in [0.717, 1.165) is 76.9 Å². The summed E-state index contributed by atoms with van der Waals surface area (Å²) in [5, 5.41) is 6.14. The summed E-state index contributed by atoms with van der Waals surface area (Å²) in [5.41, 5.74) is 8.42. The number of benzene rings is 8. The van der Waals surface area contributed by atoms with Gasteiger partial charge in [-0.15, -0.1) is 0 Å². The van der Waals surface area contributed by atoms with Crippen LogP contribution in [0.1, 0.15) is 6.85 Å². The van der Waals surface area contributed by atoms with Crippen LogP contribution in [0.25, 0.3) is 88.0 Å². The summed E-state index contributed by atoms with van der Waals surface area (Å²) in [6.07, 6.45) is 0. The molecule has 0 saturated heterocycles. The van der Waals surface area contributed by atoms with Crippen LogP contribution in [0.3, 0.4) is 0 Å². The van der Waals surface area contributed by atoms with Gasteiger partial charge in [-0.1, -0.05) is 152 Å². The molecule has 0 aliphatic rings. The van der Waals surface area contributed by atoms with E-state index in [2.05, 4.69) is 66.7 Å². The van der Waals surface area contributed by atoms with Gasteiger partial charge in [0, 0.05) is 10.8 Å². The molecule has 9 rings (SSSR count). The van der Waals surface area contributed by atoms with Crippen molar-refractivity contribution in [2.45, 2.75) is 0 Å². The molecule has 8 aromatic carbocycles. The molecule has 0 saturated carbocycles. The molecular weight excluding hydrogens is 544 g/mol. The van der Waals surface area contributed by atoms with E-state index in [4.69, 9.17) is 11.3 Å². The third kappa shape index (κ3) is 4.09. The summed E-state index contributed by atoms with van der Waals surface area (Å²) < 4.78 is 49.3. The van der Waals surface area contributed by atoms with Crippen molar-refractivity contribution < 1.29 is 11.3 Å². The van der Waals surface area contributed by atoms with Crippen LogP contribution in [0, 0.1) is 0 Å². The number of para-hydroxylation sites is 1. The highest BCUT2D eigenvalue weighted by molar-refractivity contribution is 6.26. The molecule has 1 heterocycles. The van der Waals surface area contributed by atoms with E-state index in [1.54, 1.807) is 0 Å². The van der Waals surface area contributed by atoms with Crippen molar-refractivity contribution in [3.63, 3.8) is 0 Å². The van der Waals surface area contributed by atoms with E-state index in [0.29, 0.717) is 5.56 Å². The molecule has 0 amide bonds. The third-order valence-electron chi connectivity index (χ3n) is 8.75. The Balaban J connectivity index is 1.44. The van der Waals surface area contributed by atoms with Crippen molar-refractivity contribution in [1.29, 1.82) is 0 Å². The second kappa shape index (κ2) is 10.4. The lowest BCUT2D eigenvalue weighted by atomic mass is 9.82.